The van der Waals surface area contributed by atoms with E-state index in [9.17, 15) is 4.79 Å². The summed E-state index contributed by atoms with van der Waals surface area (Å²) in [4.78, 5) is 16.8. The lowest BCUT2D eigenvalue weighted by Gasteiger charge is -2.22. The number of carboxylic acids is 1. The van der Waals surface area contributed by atoms with Gasteiger partial charge in [-0.1, -0.05) is 12.1 Å². The highest BCUT2D eigenvalue weighted by molar-refractivity contribution is 5.79. The average molecular weight is 232 g/mol. The van der Waals surface area contributed by atoms with Gasteiger partial charge in [-0.15, -0.1) is 0 Å². The molecule has 1 saturated heterocycles. The Balaban J connectivity index is 2.00. The predicted octanol–water partition coefficient (Wildman–Crippen LogP) is 1.86. The van der Waals surface area contributed by atoms with E-state index in [1.165, 1.54) is 11.6 Å². The second kappa shape index (κ2) is 5.59. The standard InChI is InChI=1S/C13H16N2O2/c16-13(17)6-3-9-15-8-2-5-12(15)11-4-1-7-14-10-11/h1,3-4,6-7,10,12H,2,5,8-9H2,(H,16,17)/b6-3+/t12-/m0/s1. The maximum atomic E-state index is 10.4. The first-order chi connectivity index (χ1) is 8.27. The van der Waals surface area contributed by atoms with E-state index >= 15 is 0 Å². The highest BCUT2D eigenvalue weighted by Gasteiger charge is 2.24. The molecule has 4 heteroatoms. The number of likely N-dealkylation sites (tertiary alicyclic amines) is 1. The lowest BCUT2D eigenvalue weighted by Crippen LogP contribution is -2.23. The Hall–Kier alpha value is -1.68. The average Bonchev–Trinajstić information content (AvgIpc) is 2.78. The SMILES string of the molecule is O=C(O)/C=C/CN1CCC[C@H]1c1cccnc1. The number of aromatic nitrogens is 1. The van der Waals surface area contributed by atoms with Crippen LogP contribution in [0.25, 0.3) is 0 Å². The summed E-state index contributed by atoms with van der Waals surface area (Å²) < 4.78 is 0. The van der Waals surface area contributed by atoms with Gasteiger partial charge in [-0.2, -0.15) is 0 Å². The van der Waals surface area contributed by atoms with E-state index in [-0.39, 0.29) is 0 Å². The topological polar surface area (TPSA) is 53.4 Å². The molecule has 0 amide bonds. The number of carbonyl (C=O) groups is 1. The number of pyridine rings is 1. The van der Waals surface area contributed by atoms with Crippen molar-refractivity contribution in [2.45, 2.75) is 18.9 Å². The van der Waals surface area contributed by atoms with Crippen molar-refractivity contribution in [2.24, 2.45) is 0 Å². The lowest BCUT2D eigenvalue weighted by molar-refractivity contribution is -0.131. The van der Waals surface area contributed by atoms with Gasteiger partial charge in [-0.3, -0.25) is 9.88 Å². The molecular formula is C13H16N2O2. The molecular weight excluding hydrogens is 216 g/mol. The van der Waals surface area contributed by atoms with Crippen molar-refractivity contribution in [3.05, 3.63) is 42.2 Å². The molecule has 0 aliphatic carbocycles. The molecule has 0 spiro atoms. The summed E-state index contributed by atoms with van der Waals surface area (Å²) in [5, 5.41) is 8.56. The normalized spacial score (nSPS) is 21.1. The van der Waals surface area contributed by atoms with Gasteiger partial charge in [0.05, 0.1) is 0 Å². The Bertz CT molecular complexity index is 403. The summed E-state index contributed by atoms with van der Waals surface area (Å²) in [6.45, 7) is 1.70. The zero-order valence-corrected chi connectivity index (χ0v) is 9.62. The number of carboxylic acid groups (broad SMARTS) is 1. The molecule has 17 heavy (non-hydrogen) atoms. The highest BCUT2D eigenvalue weighted by atomic mass is 16.4. The van der Waals surface area contributed by atoms with Crippen LogP contribution in [0.15, 0.2) is 36.7 Å². The quantitative estimate of drug-likeness (QED) is 0.805. The van der Waals surface area contributed by atoms with Gasteiger partial charge in [-0.25, -0.2) is 4.79 Å². The molecule has 2 heterocycles. The van der Waals surface area contributed by atoms with Crippen molar-refractivity contribution in [3.8, 4) is 0 Å². The molecule has 1 aliphatic rings. The highest BCUT2D eigenvalue weighted by Crippen LogP contribution is 2.30. The van der Waals surface area contributed by atoms with Gasteiger partial charge < -0.3 is 5.11 Å². The summed E-state index contributed by atoms with van der Waals surface area (Å²) in [6, 6.07) is 4.40. The molecule has 2 rings (SSSR count). The molecule has 1 N–H and O–H groups in total. The second-order valence-corrected chi connectivity index (χ2v) is 4.18. The van der Waals surface area contributed by atoms with Crippen LogP contribution in [0, 0.1) is 0 Å². The molecule has 0 bridgehead atoms. The Kier molecular flexibility index (Phi) is 3.88. The minimum atomic E-state index is -0.887. The molecule has 1 atom stereocenters. The van der Waals surface area contributed by atoms with E-state index in [4.69, 9.17) is 5.11 Å². The molecule has 0 unspecified atom stereocenters. The van der Waals surface area contributed by atoms with Crippen LogP contribution in [-0.4, -0.2) is 34.0 Å². The van der Waals surface area contributed by atoms with E-state index in [1.807, 2.05) is 12.3 Å². The summed E-state index contributed by atoms with van der Waals surface area (Å²) in [5.74, 6) is -0.887. The fourth-order valence-corrected chi connectivity index (χ4v) is 2.28. The number of aliphatic carboxylic acids is 1. The first-order valence-electron chi connectivity index (χ1n) is 5.81. The van der Waals surface area contributed by atoms with Crippen molar-refractivity contribution in [2.75, 3.05) is 13.1 Å². The Morgan fingerprint density at radius 2 is 2.53 bits per heavy atom. The van der Waals surface area contributed by atoms with Crippen molar-refractivity contribution in [1.29, 1.82) is 0 Å². The van der Waals surface area contributed by atoms with E-state index in [0.29, 0.717) is 12.6 Å². The molecule has 1 aromatic heterocycles. The summed E-state index contributed by atoms with van der Waals surface area (Å²) in [7, 11) is 0. The zero-order chi connectivity index (χ0) is 12.1. The third-order valence-corrected chi connectivity index (χ3v) is 3.03. The smallest absolute Gasteiger partial charge is 0.328 e. The van der Waals surface area contributed by atoms with Crippen LogP contribution in [0.5, 0.6) is 0 Å². The van der Waals surface area contributed by atoms with Crippen LogP contribution in [0.1, 0.15) is 24.4 Å². The molecule has 90 valence electrons. The monoisotopic (exact) mass is 232 g/mol. The maximum absolute atomic E-state index is 10.4. The van der Waals surface area contributed by atoms with Gasteiger partial charge in [0.1, 0.15) is 0 Å². The predicted molar refractivity (Wildman–Crippen MR) is 64.6 cm³/mol. The largest absolute Gasteiger partial charge is 0.478 e. The molecule has 1 fully saturated rings. The van der Waals surface area contributed by atoms with E-state index in [2.05, 4.69) is 16.0 Å². The first kappa shape index (κ1) is 11.8. The summed E-state index contributed by atoms with van der Waals surface area (Å²) in [6.07, 6.45) is 8.85. The molecule has 0 aromatic carbocycles. The second-order valence-electron chi connectivity index (χ2n) is 4.18. The molecule has 1 aromatic rings. The van der Waals surface area contributed by atoms with Crippen molar-refractivity contribution >= 4 is 5.97 Å². The third kappa shape index (κ3) is 3.14. The Morgan fingerprint density at radius 3 is 3.24 bits per heavy atom. The van der Waals surface area contributed by atoms with E-state index in [0.717, 1.165) is 19.4 Å². The van der Waals surface area contributed by atoms with E-state index in [1.54, 1.807) is 12.3 Å². The van der Waals surface area contributed by atoms with Crippen LogP contribution in [-0.2, 0) is 4.79 Å². The zero-order valence-electron chi connectivity index (χ0n) is 9.62. The number of rotatable bonds is 4. The lowest BCUT2D eigenvalue weighted by atomic mass is 10.1. The Morgan fingerprint density at radius 1 is 1.65 bits per heavy atom. The summed E-state index contributed by atoms with van der Waals surface area (Å²) >= 11 is 0. The molecule has 0 radical (unpaired) electrons. The molecule has 4 nitrogen and oxygen atoms in total. The van der Waals surface area contributed by atoms with Crippen LogP contribution in [0.2, 0.25) is 0 Å². The van der Waals surface area contributed by atoms with Gasteiger partial charge in [0.25, 0.3) is 0 Å². The fourth-order valence-electron chi connectivity index (χ4n) is 2.28. The number of nitrogens with zero attached hydrogens (tertiary/aromatic N) is 2. The summed E-state index contributed by atoms with van der Waals surface area (Å²) in [5.41, 5.74) is 1.22. The molecule has 1 aliphatic heterocycles. The van der Waals surface area contributed by atoms with E-state index < -0.39 is 5.97 Å². The molecule has 0 saturated carbocycles. The van der Waals surface area contributed by atoms with Crippen molar-refractivity contribution in [1.82, 2.24) is 9.88 Å². The van der Waals surface area contributed by atoms with Gasteiger partial charge in [0.2, 0.25) is 0 Å². The van der Waals surface area contributed by atoms with Crippen LogP contribution < -0.4 is 0 Å². The number of hydrogen-bond donors (Lipinski definition) is 1. The minimum absolute atomic E-state index is 0.377. The van der Waals surface area contributed by atoms with Crippen LogP contribution in [0.3, 0.4) is 0 Å². The van der Waals surface area contributed by atoms with Gasteiger partial charge in [-0.05, 0) is 31.0 Å². The van der Waals surface area contributed by atoms with Gasteiger partial charge in [0, 0.05) is 31.1 Å². The van der Waals surface area contributed by atoms with Crippen molar-refractivity contribution in [3.63, 3.8) is 0 Å². The minimum Gasteiger partial charge on any atom is -0.478 e. The fraction of sp³-hybridized carbons (Fsp3) is 0.385. The van der Waals surface area contributed by atoms with Crippen LogP contribution in [0.4, 0.5) is 0 Å². The van der Waals surface area contributed by atoms with Gasteiger partial charge >= 0.3 is 5.97 Å². The van der Waals surface area contributed by atoms with Gasteiger partial charge in [0.15, 0.2) is 0 Å². The van der Waals surface area contributed by atoms with Crippen LogP contribution >= 0.6 is 0 Å². The first-order valence-corrected chi connectivity index (χ1v) is 5.81. The number of hydrogen-bond acceptors (Lipinski definition) is 3. The third-order valence-electron chi connectivity index (χ3n) is 3.03. The van der Waals surface area contributed by atoms with Crippen molar-refractivity contribution < 1.29 is 9.90 Å². The Labute approximate surface area is 101 Å². The maximum Gasteiger partial charge on any atom is 0.328 e.